The van der Waals surface area contributed by atoms with E-state index >= 15 is 0 Å². The van der Waals surface area contributed by atoms with Gasteiger partial charge in [0.25, 0.3) is 5.91 Å². The molecule has 0 bridgehead atoms. The van der Waals surface area contributed by atoms with Crippen LogP contribution in [0.5, 0.6) is 5.75 Å². The van der Waals surface area contributed by atoms with Crippen molar-refractivity contribution in [3.05, 3.63) is 101 Å². The topological polar surface area (TPSA) is 58.6 Å². The van der Waals surface area contributed by atoms with Crippen LogP contribution in [0.2, 0.25) is 0 Å². The molecule has 3 aromatic carbocycles. The predicted molar refractivity (Wildman–Crippen MR) is 145 cm³/mol. The summed E-state index contributed by atoms with van der Waals surface area (Å²) in [5.74, 6) is 0.309. The molecule has 3 aromatic rings. The largest absolute Gasteiger partial charge is 0.483 e. The van der Waals surface area contributed by atoms with E-state index in [4.69, 9.17) is 4.74 Å². The van der Waals surface area contributed by atoms with Crippen molar-refractivity contribution in [3.63, 3.8) is 0 Å². The molecule has 0 aromatic heterocycles. The second kappa shape index (κ2) is 12.9. The zero-order valence-electron chi connectivity index (χ0n) is 22.1. The first-order valence-electron chi connectivity index (χ1n) is 12.7. The fourth-order valence-electron chi connectivity index (χ4n) is 4.07. The third-order valence-electron chi connectivity index (χ3n) is 6.78. The zero-order valence-corrected chi connectivity index (χ0v) is 22.1. The molecule has 0 fully saturated rings. The lowest BCUT2D eigenvalue weighted by atomic mass is 10.0. The Bertz CT molecular complexity index is 1160. The van der Waals surface area contributed by atoms with Crippen molar-refractivity contribution in [2.24, 2.45) is 0 Å². The van der Waals surface area contributed by atoms with E-state index in [1.54, 1.807) is 4.90 Å². The Morgan fingerprint density at radius 1 is 0.889 bits per heavy atom. The van der Waals surface area contributed by atoms with Crippen molar-refractivity contribution in [3.8, 4) is 5.75 Å². The molecule has 0 saturated carbocycles. The number of rotatable bonds is 11. The van der Waals surface area contributed by atoms with Crippen LogP contribution in [0.25, 0.3) is 0 Å². The first kappa shape index (κ1) is 27.0. The molecule has 0 spiro atoms. The Kier molecular flexibility index (Phi) is 9.69. The normalized spacial score (nSPS) is 12.5. The van der Waals surface area contributed by atoms with Gasteiger partial charge in [0.1, 0.15) is 11.8 Å². The molecule has 0 radical (unpaired) electrons. The highest BCUT2D eigenvalue weighted by Gasteiger charge is 2.31. The van der Waals surface area contributed by atoms with Crippen LogP contribution in [0.3, 0.4) is 0 Å². The second-order valence-electron chi connectivity index (χ2n) is 9.46. The number of hydrogen-bond acceptors (Lipinski definition) is 3. The molecule has 5 heteroatoms. The van der Waals surface area contributed by atoms with Gasteiger partial charge in [0, 0.05) is 19.0 Å². The summed E-state index contributed by atoms with van der Waals surface area (Å²) in [6.07, 6.45) is 1.23. The fraction of sp³-hybridized carbons (Fsp3) is 0.355. The number of aryl methyl sites for hydroxylation is 2. The van der Waals surface area contributed by atoms with Crippen LogP contribution >= 0.6 is 0 Å². The number of amides is 2. The molecule has 5 nitrogen and oxygen atoms in total. The van der Waals surface area contributed by atoms with Gasteiger partial charge in [-0.25, -0.2) is 0 Å². The lowest BCUT2D eigenvalue weighted by Crippen LogP contribution is -2.53. The van der Waals surface area contributed by atoms with E-state index in [1.165, 1.54) is 0 Å². The molecule has 2 atom stereocenters. The summed E-state index contributed by atoms with van der Waals surface area (Å²) in [7, 11) is 0. The summed E-state index contributed by atoms with van der Waals surface area (Å²) >= 11 is 0. The molecule has 1 N–H and O–H groups in total. The maximum absolute atomic E-state index is 13.7. The number of carbonyl (C=O) groups excluding carboxylic acids is 2. The maximum atomic E-state index is 13.7. The molecule has 0 saturated heterocycles. The summed E-state index contributed by atoms with van der Waals surface area (Å²) in [5.41, 5.74) is 5.19. The molecular weight excluding hydrogens is 448 g/mol. The van der Waals surface area contributed by atoms with Crippen molar-refractivity contribution < 1.29 is 14.3 Å². The van der Waals surface area contributed by atoms with E-state index in [1.807, 2.05) is 107 Å². The standard InChI is InChI=1S/C31H38N2O3/c1-6-24(4)32-31(35)28(19-26-15-8-7-9-16-26)33(20-27-17-11-10-13-23(27)3)30(34)21-36-29-18-12-14-22(2)25(29)5/h7-18,24,28H,6,19-21H2,1-5H3,(H,32,35)/t24-,28-/m1/s1. The minimum absolute atomic E-state index is 0.0115. The van der Waals surface area contributed by atoms with Crippen LogP contribution < -0.4 is 10.1 Å². The highest BCUT2D eigenvalue weighted by atomic mass is 16.5. The summed E-state index contributed by atoms with van der Waals surface area (Å²) in [4.78, 5) is 29.0. The van der Waals surface area contributed by atoms with E-state index in [9.17, 15) is 9.59 Å². The van der Waals surface area contributed by atoms with Crippen molar-refractivity contribution in [2.45, 2.75) is 66.1 Å². The van der Waals surface area contributed by atoms with E-state index < -0.39 is 6.04 Å². The van der Waals surface area contributed by atoms with Crippen LogP contribution in [-0.4, -0.2) is 35.4 Å². The minimum atomic E-state index is -0.671. The number of carbonyl (C=O) groups is 2. The lowest BCUT2D eigenvalue weighted by Gasteiger charge is -2.32. The Morgan fingerprint density at radius 3 is 2.25 bits per heavy atom. The first-order chi connectivity index (χ1) is 17.3. The number of nitrogens with one attached hydrogen (secondary N) is 1. The Morgan fingerprint density at radius 2 is 1.56 bits per heavy atom. The van der Waals surface area contributed by atoms with Gasteiger partial charge in [0.05, 0.1) is 0 Å². The molecule has 0 aliphatic rings. The van der Waals surface area contributed by atoms with Crippen molar-refractivity contribution in [1.82, 2.24) is 10.2 Å². The van der Waals surface area contributed by atoms with Crippen LogP contribution in [0.1, 0.15) is 48.1 Å². The SMILES string of the molecule is CC[C@@H](C)NC(=O)[C@@H](Cc1ccccc1)N(Cc1ccccc1C)C(=O)COc1cccc(C)c1C. The molecule has 2 amide bonds. The Balaban J connectivity index is 1.94. The lowest BCUT2D eigenvalue weighted by molar-refractivity contribution is -0.143. The molecule has 3 rings (SSSR count). The quantitative estimate of drug-likeness (QED) is 0.387. The molecular formula is C31H38N2O3. The summed E-state index contributed by atoms with van der Waals surface area (Å²) < 4.78 is 5.99. The number of nitrogens with zero attached hydrogens (tertiary/aromatic N) is 1. The molecule has 190 valence electrons. The van der Waals surface area contributed by atoms with E-state index in [2.05, 4.69) is 5.32 Å². The summed E-state index contributed by atoms with van der Waals surface area (Å²) in [5, 5.41) is 3.10. The van der Waals surface area contributed by atoms with Gasteiger partial charge in [-0.15, -0.1) is 0 Å². The van der Waals surface area contributed by atoms with Crippen molar-refractivity contribution in [1.29, 1.82) is 0 Å². The van der Waals surface area contributed by atoms with Gasteiger partial charge < -0.3 is 15.0 Å². The molecule has 36 heavy (non-hydrogen) atoms. The number of benzene rings is 3. The zero-order chi connectivity index (χ0) is 26.1. The molecule has 0 unspecified atom stereocenters. The average Bonchev–Trinajstić information content (AvgIpc) is 2.88. The van der Waals surface area contributed by atoms with E-state index in [0.717, 1.165) is 34.2 Å². The van der Waals surface area contributed by atoms with E-state index in [0.29, 0.717) is 18.7 Å². The Labute approximate surface area is 215 Å². The summed E-state index contributed by atoms with van der Waals surface area (Å²) in [6, 6.07) is 23.0. The van der Waals surface area contributed by atoms with Crippen molar-refractivity contribution in [2.75, 3.05) is 6.61 Å². The fourth-order valence-corrected chi connectivity index (χ4v) is 4.07. The molecule has 0 heterocycles. The monoisotopic (exact) mass is 486 g/mol. The van der Waals surface area contributed by atoms with Gasteiger partial charge in [0.2, 0.25) is 5.91 Å². The molecule has 0 aliphatic carbocycles. The minimum Gasteiger partial charge on any atom is -0.483 e. The van der Waals surface area contributed by atoms with Crippen LogP contribution in [0.4, 0.5) is 0 Å². The van der Waals surface area contributed by atoms with Gasteiger partial charge in [-0.05, 0) is 68.0 Å². The highest BCUT2D eigenvalue weighted by Crippen LogP contribution is 2.22. The first-order valence-corrected chi connectivity index (χ1v) is 12.7. The third-order valence-corrected chi connectivity index (χ3v) is 6.78. The summed E-state index contributed by atoms with van der Waals surface area (Å²) in [6.45, 7) is 10.2. The maximum Gasteiger partial charge on any atom is 0.261 e. The third kappa shape index (κ3) is 7.20. The van der Waals surface area contributed by atoms with Gasteiger partial charge in [-0.1, -0.05) is 73.7 Å². The Hall–Kier alpha value is -3.60. The second-order valence-corrected chi connectivity index (χ2v) is 9.46. The number of hydrogen-bond donors (Lipinski definition) is 1. The van der Waals surface area contributed by atoms with Gasteiger partial charge in [-0.3, -0.25) is 9.59 Å². The van der Waals surface area contributed by atoms with Gasteiger partial charge in [0.15, 0.2) is 6.61 Å². The van der Waals surface area contributed by atoms with Gasteiger partial charge >= 0.3 is 0 Å². The van der Waals surface area contributed by atoms with Gasteiger partial charge in [-0.2, -0.15) is 0 Å². The highest BCUT2D eigenvalue weighted by molar-refractivity contribution is 5.88. The average molecular weight is 487 g/mol. The van der Waals surface area contributed by atoms with E-state index in [-0.39, 0.29) is 24.5 Å². The van der Waals surface area contributed by atoms with Crippen LogP contribution in [0.15, 0.2) is 72.8 Å². The van der Waals surface area contributed by atoms with Crippen LogP contribution in [-0.2, 0) is 22.6 Å². The number of ether oxygens (including phenoxy) is 1. The van der Waals surface area contributed by atoms with Crippen molar-refractivity contribution >= 4 is 11.8 Å². The molecule has 0 aliphatic heterocycles. The smallest absolute Gasteiger partial charge is 0.261 e. The predicted octanol–water partition coefficient (Wildman–Crippen LogP) is 5.55. The van der Waals surface area contributed by atoms with Crippen LogP contribution in [0, 0.1) is 20.8 Å².